The number of fused-ring (bicyclic) bond motifs is 12. The molecule has 3 aromatic heterocycles. The summed E-state index contributed by atoms with van der Waals surface area (Å²) in [6, 6.07) is 88.6. The molecule has 0 saturated carbocycles. The molecule has 0 bridgehead atoms. The molecule has 346 valence electrons. The van der Waals surface area contributed by atoms with Crippen molar-refractivity contribution in [2.45, 2.75) is 12.0 Å². The molecule has 73 heavy (non-hydrogen) atoms. The highest BCUT2D eigenvalue weighted by Gasteiger charge is 2.37. The quantitative estimate of drug-likeness (QED) is 0.124. The van der Waals surface area contributed by atoms with Gasteiger partial charge >= 0.3 is 0 Å². The normalized spacial score (nSPS) is 14.6. The van der Waals surface area contributed by atoms with Crippen molar-refractivity contribution in [3.8, 4) is 28.2 Å². The molecule has 0 spiro atoms. The van der Waals surface area contributed by atoms with Gasteiger partial charge in [0.2, 0.25) is 0 Å². The van der Waals surface area contributed by atoms with Crippen molar-refractivity contribution in [3.05, 3.63) is 273 Å². The molecule has 15 rings (SSSR count). The van der Waals surface area contributed by atoms with Crippen molar-refractivity contribution in [2.24, 2.45) is 0 Å². The fourth-order valence-corrected chi connectivity index (χ4v) is 11.6. The van der Waals surface area contributed by atoms with Crippen LogP contribution in [0, 0.1) is 0 Å². The zero-order valence-electron chi connectivity index (χ0n) is 40.2. The van der Waals surface area contributed by atoms with Gasteiger partial charge in [0.05, 0.1) is 47.0 Å². The largest absolute Gasteiger partial charge is 0.333 e. The van der Waals surface area contributed by atoms with E-state index in [0.717, 1.165) is 0 Å². The Hall–Kier alpha value is -8.63. The van der Waals surface area contributed by atoms with E-state index in [4.69, 9.17) is 7.85 Å². The van der Waals surface area contributed by atoms with Gasteiger partial charge in [-0.25, -0.2) is 0 Å². The predicted octanol–water partition coefficient (Wildman–Crippen LogP) is 17.0. The maximum absolute atomic E-state index is 4.81. The molecular weight excluding hydrogens is 903 g/mol. The van der Waals surface area contributed by atoms with Crippen molar-refractivity contribution >= 4 is 93.9 Å². The van der Waals surface area contributed by atoms with Crippen molar-refractivity contribution in [3.63, 3.8) is 0 Å². The van der Waals surface area contributed by atoms with Crippen molar-refractivity contribution < 1.29 is 0 Å². The molecule has 0 N–H and O–H groups in total. The second-order valence-corrected chi connectivity index (χ2v) is 19.1. The molecule has 0 fully saturated rings. The first-order valence-corrected chi connectivity index (χ1v) is 25.9. The van der Waals surface area contributed by atoms with E-state index < -0.39 is 0 Å². The Morgan fingerprint density at radius 1 is 0.342 bits per heavy atom. The van der Waals surface area contributed by atoms with Gasteiger partial charge in [-0.05, 0) is 102 Å². The molecule has 4 heterocycles. The van der Waals surface area contributed by atoms with E-state index >= 15 is 0 Å². The van der Waals surface area contributed by atoms with Gasteiger partial charge in [0.1, 0.15) is 0 Å². The maximum atomic E-state index is 4.81. The lowest BCUT2D eigenvalue weighted by molar-refractivity contribution is 0.745. The molecule has 13 aromatic rings. The molecule has 3 unspecified atom stereocenters. The van der Waals surface area contributed by atoms with Crippen molar-refractivity contribution in [1.82, 2.24) is 13.7 Å². The summed E-state index contributed by atoms with van der Waals surface area (Å²) in [4.78, 5) is 2.48. The van der Waals surface area contributed by atoms with Crippen LogP contribution in [0.25, 0.3) is 93.6 Å². The minimum Gasteiger partial charge on any atom is -0.333 e. The van der Waals surface area contributed by atoms with Gasteiger partial charge in [-0.2, -0.15) is 0 Å². The van der Waals surface area contributed by atoms with Crippen LogP contribution in [0.5, 0.6) is 0 Å². The second-order valence-electron chi connectivity index (χ2n) is 18.7. The fraction of sp³-hybridized carbons (Fsp3) is 0.0448. The van der Waals surface area contributed by atoms with Crippen LogP contribution in [0.4, 0.5) is 11.4 Å². The number of hydrogen-bond acceptors (Lipinski definition) is 1. The van der Waals surface area contributed by atoms with Gasteiger partial charge in [-0.1, -0.05) is 188 Å². The maximum Gasteiger partial charge on any atom is 0.0709 e. The fourth-order valence-electron chi connectivity index (χ4n) is 11.6. The smallest absolute Gasteiger partial charge is 0.0709 e. The SMILES string of the molecule is C1=CC2c3ccccc3N(c3ccc(-c4ccc(-n5c6ccccc6c6ccccc65)cc4)cc3)C2C=C1.[B]CP.c1cc(-n2c3ccccc3c3ccccc32)cc(-n2c3ccccc3c3ccccc32)c1. The number of allylic oxidation sites excluding steroid dienone is 2. The zero-order valence-corrected chi connectivity index (χ0v) is 41.4. The summed E-state index contributed by atoms with van der Waals surface area (Å²) in [7, 11) is 7.17. The van der Waals surface area contributed by atoms with Crippen molar-refractivity contribution in [1.29, 1.82) is 0 Å². The average molecular weight is 953 g/mol. The highest BCUT2D eigenvalue weighted by atomic mass is 31.0. The van der Waals surface area contributed by atoms with E-state index in [-0.39, 0.29) is 0 Å². The Kier molecular flexibility index (Phi) is 11.4. The van der Waals surface area contributed by atoms with Crippen LogP contribution < -0.4 is 4.90 Å². The molecule has 0 amide bonds. The summed E-state index contributed by atoms with van der Waals surface area (Å²) in [5.74, 6) is 0.407. The van der Waals surface area contributed by atoms with E-state index in [1.165, 1.54) is 111 Å². The number of rotatable bonds is 5. The van der Waals surface area contributed by atoms with Gasteiger partial charge < -0.3 is 18.6 Å². The van der Waals surface area contributed by atoms with Crippen molar-refractivity contribution in [2.75, 3.05) is 11.0 Å². The van der Waals surface area contributed by atoms with Crippen LogP contribution in [0.1, 0.15) is 11.5 Å². The highest BCUT2D eigenvalue weighted by molar-refractivity contribution is 7.19. The minimum atomic E-state index is 0.328. The Morgan fingerprint density at radius 2 is 0.685 bits per heavy atom. The number of anilines is 2. The van der Waals surface area contributed by atoms with E-state index in [0.29, 0.717) is 18.0 Å². The van der Waals surface area contributed by atoms with Crippen LogP contribution in [0.15, 0.2) is 267 Å². The van der Waals surface area contributed by atoms with Gasteiger partial charge in [0.25, 0.3) is 0 Å². The molecule has 6 heteroatoms. The van der Waals surface area contributed by atoms with Gasteiger partial charge in [0.15, 0.2) is 0 Å². The Labute approximate surface area is 429 Å². The molecule has 10 aromatic carbocycles. The van der Waals surface area contributed by atoms with Crippen LogP contribution in [0.3, 0.4) is 0 Å². The Bertz CT molecular complexity index is 3940. The highest BCUT2D eigenvalue weighted by Crippen LogP contribution is 2.48. The summed E-state index contributed by atoms with van der Waals surface area (Å²) in [6.45, 7) is 0. The number of nitrogens with zero attached hydrogens (tertiary/aromatic N) is 4. The zero-order chi connectivity index (χ0) is 48.8. The topological polar surface area (TPSA) is 18.0 Å². The van der Waals surface area contributed by atoms with E-state index in [1.54, 1.807) is 0 Å². The van der Waals surface area contributed by atoms with Crippen LogP contribution >= 0.6 is 9.24 Å². The van der Waals surface area contributed by atoms with E-state index in [1.807, 2.05) is 0 Å². The molecule has 0 saturated heterocycles. The number of aromatic nitrogens is 3. The second kappa shape index (κ2) is 18.8. The van der Waals surface area contributed by atoms with Gasteiger partial charge in [-0.3, -0.25) is 0 Å². The molecule has 2 aliphatic rings. The first-order valence-electron chi connectivity index (χ1n) is 25.1. The summed E-state index contributed by atoms with van der Waals surface area (Å²) >= 11 is 0. The predicted molar refractivity (Wildman–Crippen MR) is 315 cm³/mol. The summed E-state index contributed by atoms with van der Waals surface area (Å²) in [5, 5.41) is 7.71. The lowest BCUT2D eigenvalue weighted by Gasteiger charge is -2.28. The van der Waals surface area contributed by atoms with Gasteiger partial charge in [0, 0.05) is 66.7 Å². The lowest BCUT2D eigenvalue weighted by Crippen LogP contribution is -2.28. The van der Waals surface area contributed by atoms with Crippen LogP contribution in [-0.4, -0.2) is 33.7 Å². The van der Waals surface area contributed by atoms with Crippen LogP contribution in [-0.2, 0) is 0 Å². The lowest BCUT2D eigenvalue weighted by atomic mass is 9.91. The van der Waals surface area contributed by atoms with E-state index in [9.17, 15) is 0 Å². The summed E-state index contributed by atoms with van der Waals surface area (Å²) < 4.78 is 7.12. The summed E-state index contributed by atoms with van der Waals surface area (Å²) in [5.41, 5.74) is 17.3. The Morgan fingerprint density at radius 3 is 1.11 bits per heavy atom. The number of benzene rings is 10. The number of hydrogen-bond donors (Lipinski definition) is 0. The molecular formula is C67H50BN4P. The third-order valence-corrected chi connectivity index (χ3v) is 14.7. The van der Waals surface area contributed by atoms with Gasteiger partial charge in [-0.15, -0.1) is 9.24 Å². The third kappa shape index (κ3) is 7.59. The summed E-state index contributed by atoms with van der Waals surface area (Å²) in [6.07, 6.45) is 9.00. The first kappa shape index (κ1) is 44.3. The standard InChI is InChI=1S/C36H26N2.C30H20N2.CH4BP/c1-5-13-33-29(9-1)30-10-2-6-14-34(30)37(33)27-21-17-25(18-22-27)26-19-23-28(24-20-26)38-35-15-7-3-11-31(35)32-12-4-8-16-36(32)38;1-5-16-27-23(12-1)24-13-2-6-17-28(24)31(27)21-10-9-11-22(20-21)32-29-18-7-3-14-25(29)26-15-4-8-19-30(26)32;2-1-3/h1-24,29,33H;1-20H;1,3H2. The number of para-hydroxylation sites is 7. The van der Waals surface area contributed by atoms with E-state index in [2.05, 4.69) is 295 Å². The molecule has 3 atom stereocenters. The van der Waals surface area contributed by atoms with Crippen LogP contribution in [0.2, 0.25) is 0 Å². The molecule has 2 radical (unpaired) electrons. The molecule has 1 aliphatic carbocycles. The Balaban J connectivity index is 0.000000136. The minimum absolute atomic E-state index is 0.328. The monoisotopic (exact) mass is 952 g/mol. The third-order valence-electron chi connectivity index (χ3n) is 14.7. The first-order chi connectivity index (χ1) is 36.2. The molecule has 4 nitrogen and oxygen atoms in total. The molecule has 1 aliphatic heterocycles. The average Bonchev–Trinajstić information content (AvgIpc) is 4.19.